The first kappa shape index (κ1) is 21.6. The summed E-state index contributed by atoms with van der Waals surface area (Å²) in [5.41, 5.74) is 0.490. The summed E-state index contributed by atoms with van der Waals surface area (Å²) in [6.45, 7) is 0.571. The van der Waals surface area contributed by atoms with E-state index < -0.39 is 22.1 Å². The molecule has 2 aromatic rings. The van der Waals surface area contributed by atoms with Crippen molar-refractivity contribution in [3.63, 3.8) is 0 Å². The van der Waals surface area contributed by atoms with Crippen molar-refractivity contribution in [2.45, 2.75) is 11.3 Å². The lowest BCUT2D eigenvalue weighted by Gasteiger charge is -2.34. The van der Waals surface area contributed by atoms with E-state index in [1.54, 1.807) is 29.2 Å². The molecule has 1 aliphatic rings. The van der Waals surface area contributed by atoms with Crippen molar-refractivity contribution in [2.24, 2.45) is 0 Å². The van der Waals surface area contributed by atoms with E-state index in [-0.39, 0.29) is 37.0 Å². The van der Waals surface area contributed by atoms with Crippen LogP contribution in [-0.4, -0.2) is 56.1 Å². The summed E-state index contributed by atoms with van der Waals surface area (Å²) in [6.07, 6.45) is -4.85. The maximum Gasteiger partial charge on any atom is 0.573 e. The molecule has 29 heavy (non-hydrogen) atoms. The molecule has 1 heterocycles. The molecule has 1 amide bonds. The third-order valence-electron chi connectivity index (χ3n) is 4.33. The second kappa shape index (κ2) is 8.33. The van der Waals surface area contributed by atoms with E-state index in [1.807, 2.05) is 0 Å². The lowest BCUT2D eigenvalue weighted by molar-refractivity contribution is -0.274. The number of amides is 1. The van der Waals surface area contributed by atoms with Crippen molar-refractivity contribution in [1.82, 2.24) is 9.21 Å². The molecular weight excluding hydrogens is 477 g/mol. The summed E-state index contributed by atoms with van der Waals surface area (Å²) in [5, 5.41) is 0. The number of alkyl halides is 3. The summed E-state index contributed by atoms with van der Waals surface area (Å²) in [5.74, 6) is -0.705. The molecule has 11 heteroatoms. The predicted molar refractivity (Wildman–Crippen MR) is 102 cm³/mol. The first-order valence-corrected chi connectivity index (χ1v) is 10.7. The minimum Gasteiger partial charge on any atom is -0.406 e. The molecule has 0 aromatic heterocycles. The van der Waals surface area contributed by atoms with E-state index in [9.17, 15) is 26.4 Å². The smallest absolute Gasteiger partial charge is 0.406 e. The fourth-order valence-electron chi connectivity index (χ4n) is 2.90. The van der Waals surface area contributed by atoms with Crippen molar-refractivity contribution in [2.75, 3.05) is 26.2 Å². The molecule has 0 saturated carbocycles. The number of piperazine rings is 1. The van der Waals surface area contributed by atoms with Crippen LogP contribution in [0.3, 0.4) is 0 Å². The number of halogens is 4. The number of rotatable bonds is 4. The fourth-order valence-corrected chi connectivity index (χ4v) is 4.78. The fraction of sp³-hybridized carbons (Fsp3) is 0.278. The third-order valence-corrected chi connectivity index (χ3v) is 6.93. The highest BCUT2D eigenvalue weighted by Gasteiger charge is 2.33. The van der Waals surface area contributed by atoms with Crippen molar-refractivity contribution >= 4 is 31.9 Å². The van der Waals surface area contributed by atoms with Gasteiger partial charge in [0.1, 0.15) is 5.75 Å². The zero-order chi connectivity index (χ0) is 21.2. The molecule has 0 atom stereocenters. The van der Waals surface area contributed by atoms with Gasteiger partial charge in [-0.15, -0.1) is 13.2 Å². The molecule has 3 rings (SSSR count). The average molecular weight is 493 g/mol. The first-order valence-electron chi connectivity index (χ1n) is 8.48. The molecule has 0 unspecified atom stereocenters. The maximum atomic E-state index is 12.7. The van der Waals surface area contributed by atoms with Crippen LogP contribution in [0.4, 0.5) is 13.2 Å². The van der Waals surface area contributed by atoms with Crippen LogP contribution in [0.15, 0.2) is 57.9 Å². The van der Waals surface area contributed by atoms with Crippen LogP contribution >= 0.6 is 15.9 Å². The highest BCUT2D eigenvalue weighted by molar-refractivity contribution is 9.10. The van der Waals surface area contributed by atoms with Crippen LogP contribution in [0.5, 0.6) is 5.75 Å². The Morgan fingerprint density at radius 1 is 0.966 bits per heavy atom. The normalized spacial score (nSPS) is 15.9. The Morgan fingerprint density at radius 3 is 2.10 bits per heavy atom. The van der Waals surface area contributed by atoms with Gasteiger partial charge in [-0.3, -0.25) is 4.79 Å². The zero-order valence-corrected chi connectivity index (χ0v) is 17.3. The Morgan fingerprint density at radius 2 is 1.55 bits per heavy atom. The molecule has 156 valence electrons. The first-order chi connectivity index (χ1) is 13.6. The lowest BCUT2D eigenvalue weighted by atomic mass is 10.2. The Labute approximate surface area is 174 Å². The van der Waals surface area contributed by atoms with Crippen molar-refractivity contribution in [3.05, 3.63) is 58.6 Å². The Kier molecular flexibility index (Phi) is 6.20. The van der Waals surface area contributed by atoms with Gasteiger partial charge in [0.05, 0.1) is 10.5 Å². The van der Waals surface area contributed by atoms with Gasteiger partial charge in [0, 0.05) is 30.7 Å². The van der Waals surface area contributed by atoms with Crippen LogP contribution < -0.4 is 4.74 Å². The van der Waals surface area contributed by atoms with E-state index >= 15 is 0 Å². The summed E-state index contributed by atoms with van der Waals surface area (Å²) < 4.78 is 67.8. The minimum absolute atomic E-state index is 0.0827. The van der Waals surface area contributed by atoms with Gasteiger partial charge in [-0.05, 0) is 52.3 Å². The lowest BCUT2D eigenvalue weighted by Crippen LogP contribution is -2.50. The summed E-state index contributed by atoms with van der Waals surface area (Å²) in [7, 11) is -3.90. The highest BCUT2D eigenvalue weighted by atomic mass is 79.9. The van der Waals surface area contributed by atoms with Crippen LogP contribution in [0.25, 0.3) is 0 Å². The van der Waals surface area contributed by atoms with Gasteiger partial charge in [-0.2, -0.15) is 4.31 Å². The van der Waals surface area contributed by atoms with Crippen LogP contribution in [-0.2, 0) is 10.0 Å². The number of nitrogens with zero attached hydrogens (tertiary/aromatic N) is 2. The van der Waals surface area contributed by atoms with Gasteiger partial charge in [-0.1, -0.05) is 12.1 Å². The molecule has 2 aromatic carbocycles. The number of sulfonamides is 1. The Bertz CT molecular complexity index is 989. The number of carbonyl (C=O) groups is 1. The molecule has 0 spiro atoms. The average Bonchev–Trinajstić information content (AvgIpc) is 2.67. The standard InChI is InChI=1S/C18H16BrF3N2O4S/c19-16-4-2-1-3-15(16)17(25)23-9-11-24(12-10-23)29(26,27)14-7-5-13(6-8-14)28-18(20,21)22/h1-8H,9-12H2. The number of hydrogen-bond acceptors (Lipinski definition) is 4. The van der Waals surface area contributed by atoms with E-state index in [1.165, 1.54) is 4.31 Å². The van der Waals surface area contributed by atoms with Gasteiger partial charge in [0.25, 0.3) is 5.91 Å². The summed E-state index contributed by atoms with van der Waals surface area (Å²) in [4.78, 5) is 14.0. The van der Waals surface area contributed by atoms with Crippen molar-refractivity contribution < 1.29 is 31.1 Å². The predicted octanol–water partition coefficient (Wildman–Crippen LogP) is 3.49. The quantitative estimate of drug-likeness (QED) is 0.655. The molecule has 1 fully saturated rings. The third kappa shape index (κ3) is 5.09. The Balaban J connectivity index is 1.67. The van der Waals surface area contributed by atoms with E-state index in [4.69, 9.17) is 0 Å². The highest BCUT2D eigenvalue weighted by Crippen LogP contribution is 2.26. The summed E-state index contributed by atoms with van der Waals surface area (Å²) in [6, 6.07) is 11.0. The molecule has 0 aliphatic carbocycles. The molecule has 0 N–H and O–H groups in total. The largest absolute Gasteiger partial charge is 0.573 e. The van der Waals surface area contributed by atoms with Crippen LogP contribution in [0.1, 0.15) is 10.4 Å². The van der Waals surface area contributed by atoms with Gasteiger partial charge in [0.2, 0.25) is 10.0 Å². The van der Waals surface area contributed by atoms with Crippen molar-refractivity contribution in [1.29, 1.82) is 0 Å². The van der Waals surface area contributed by atoms with E-state index in [0.717, 1.165) is 24.3 Å². The molecule has 1 saturated heterocycles. The van der Waals surface area contributed by atoms with Gasteiger partial charge < -0.3 is 9.64 Å². The second-order valence-corrected chi connectivity index (χ2v) is 8.99. The summed E-state index contributed by atoms with van der Waals surface area (Å²) >= 11 is 3.33. The number of ether oxygens (including phenoxy) is 1. The van der Waals surface area contributed by atoms with Crippen LogP contribution in [0.2, 0.25) is 0 Å². The van der Waals surface area contributed by atoms with E-state index in [2.05, 4.69) is 20.7 Å². The minimum atomic E-state index is -4.85. The monoisotopic (exact) mass is 492 g/mol. The molecular formula is C18H16BrF3N2O4S. The SMILES string of the molecule is O=C(c1ccccc1Br)N1CCN(S(=O)(=O)c2ccc(OC(F)(F)F)cc2)CC1. The molecule has 0 bridgehead atoms. The molecule has 0 radical (unpaired) electrons. The molecule has 1 aliphatic heterocycles. The van der Waals surface area contributed by atoms with E-state index in [0.29, 0.717) is 10.0 Å². The van der Waals surface area contributed by atoms with Gasteiger partial charge in [0.15, 0.2) is 0 Å². The van der Waals surface area contributed by atoms with Gasteiger partial charge in [-0.25, -0.2) is 8.42 Å². The van der Waals surface area contributed by atoms with Crippen molar-refractivity contribution in [3.8, 4) is 5.75 Å². The molecule has 6 nitrogen and oxygen atoms in total. The number of carbonyl (C=O) groups excluding carboxylic acids is 1. The topological polar surface area (TPSA) is 66.9 Å². The maximum absolute atomic E-state index is 12.7. The zero-order valence-electron chi connectivity index (χ0n) is 14.9. The van der Waals surface area contributed by atoms with Gasteiger partial charge >= 0.3 is 6.36 Å². The second-order valence-electron chi connectivity index (χ2n) is 6.20. The van der Waals surface area contributed by atoms with Crippen LogP contribution in [0, 0.1) is 0 Å². The number of hydrogen-bond donors (Lipinski definition) is 0. The Hall–Kier alpha value is -2.11. The number of benzene rings is 2.